The maximum absolute atomic E-state index is 5.41. The van der Waals surface area contributed by atoms with Crippen molar-refractivity contribution in [3.63, 3.8) is 0 Å². The number of aryl methyl sites for hydroxylation is 2. The second kappa shape index (κ2) is 6.89. The highest BCUT2D eigenvalue weighted by Gasteiger charge is 2.12. The predicted octanol–water partition coefficient (Wildman–Crippen LogP) is 2.64. The zero-order valence-electron chi connectivity index (χ0n) is 14.3. The summed E-state index contributed by atoms with van der Waals surface area (Å²) in [4.78, 5) is 0. The summed E-state index contributed by atoms with van der Waals surface area (Å²) in [6.45, 7) is 3.86. The molecule has 2 heterocycles. The number of aromatic nitrogens is 5. The Morgan fingerprint density at radius 2 is 2.04 bits per heavy atom. The molecule has 0 saturated heterocycles. The highest BCUT2D eigenvalue weighted by Crippen LogP contribution is 2.29. The number of nitrogens with zero attached hydrogens (tertiary/aromatic N) is 5. The minimum Gasteiger partial charge on any atom is -0.493 e. The van der Waals surface area contributed by atoms with Crippen LogP contribution in [0.3, 0.4) is 0 Å². The van der Waals surface area contributed by atoms with E-state index < -0.39 is 0 Å². The summed E-state index contributed by atoms with van der Waals surface area (Å²) >= 11 is 5.28. The molecule has 0 spiro atoms. The molecule has 130 valence electrons. The van der Waals surface area contributed by atoms with Gasteiger partial charge in [0.25, 0.3) is 5.95 Å². The molecule has 25 heavy (non-hydrogen) atoms. The topological polar surface area (TPSA) is 82.3 Å². The van der Waals surface area contributed by atoms with E-state index in [2.05, 4.69) is 20.4 Å². The van der Waals surface area contributed by atoms with Crippen LogP contribution in [-0.4, -0.2) is 45.1 Å². The highest BCUT2D eigenvalue weighted by molar-refractivity contribution is 7.71. The molecule has 0 bridgehead atoms. The number of methoxy groups -OCH3 is 2. The number of para-hydroxylation sites is 1. The molecule has 3 aromatic rings. The Balaban J connectivity index is 2.05. The first kappa shape index (κ1) is 16.9. The van der Waals surface area contributed by atoms with Crippen molar-refractivity contribution < 1.29 is 9.47 Å². The van der Waals surface area contributed by atoms with E-state index in [-0.39, 0.29) is 0 Å². The lowest BCUT2D eigenvalue weighted by Crippen LogP contribution is -2.07. The quantitative estimate of drug-likeness (QED) is 0.560. The van der Waals surface area contributed by atoms with Crippen LogP contribution >= 0.6 is 12.2 Å². The second-order valence-electron chi connectivity index (χ2n) is 5.31. The summed E-state index contributed by atoms with van der Waals surface area (Å²) in [5.74, 6) is 1.70. The molecule has 0 unspecified atom stereocenters. The largest absolute Gasteiger partial charge is 0.493 e. The van der Waals surface area contributed by atoms with Gasteiger partial charge in [-0.3, -0.25) is 0 Å². The van der Waals surface area contributed by atoms with Gasteiger partial charge < -0.3 is 9.47 Å². The van der Waals surface area contributed by atoms with Gasteiger partial charge in [0, 0.05) is 11.3 Å². The van der Waals surface area contributed by atoms with Gasteiger partial charge in [-0.25, -0.2) is 9.78 Å². The van der Waals surface area contributed by atoms with Gasteiger partial charge in [0.1, 0.15) is 0 Å². The van der Waals surface area contributed by atoms with Gasteiger partial charge in [-0.15, -0.1) is 5.10 Å². The fourth-order valence-corrected chi connectivity index (χ4v) is 2.66. The van der Waals surface area contributed by atoms with Crippen LogP contribution in [0.5, 0.6) is 11.5 Å². The molecule has 2 aromatic heterocycles. The van der Waals surface area contributed by atoms with Gasteiger partial charge in [-0.2, -0.15) is 14.9 Å². The van der Waals surface area contributed by atoms with Crippen molar-refractivity contribution in [1.82, 2.24) is 24.7 Å². The summed E-state index contributed by atoms with van der Waals surface area (Å²) in [5.41, 5.74) is 2.57. The van der Waals surface area contributed by atoms with E-state index in [9.17, 15) is 0 Å². The summed E-state index contributed by atoms with van der Waals surface area (Å²) in [5, 5.41) is 15.8. The van der Waals surface area contributed by atoms with E-state index in [1.54, 1.807) is 25.1 Å². The lowest BCUT2D eigenvalue weighted by atomic mass is 10.2. The Morgan fingerprint density at radius 1 is 1.24 bits per heavy atom. The molecule has 0 saturated carbocycles. The van der Waals surface area contributed by atoms with E-state index in [1.165, 1.54) is 4.68 Å². The Labute approximate surface area is 149 Å². The van der Waals surface area contributed by atoms with Crippen molar-refractivity contribution in [3.05, 3.63) is 46.0 Å². The van der Waals surface area contributed by atoms with E-state index >= 15 is 0 Å². The Bertz CT molecular complexity index is 985. The SMILES string of the molecule is COc1cccc(/C=N\n2c(-n3nc(C)cc3C)n[nH]c2=S)c1OC. The van der Waals surface area contributed by atoms with E-state index in [0.29, 0.717) is 22.2 Å². The number of rotatable bonds is 5. The number of H-pyrrole nitrogens is 1. The standard InChI is InChI=1S/C16H18N6O2S/c1-10-8-11(2)21(20-10)15-18-19-16(25)22(15)17-9-12-6-5-7-13(23-3)14(12)24-4/h5-9H,1-4H3,(H,19,25)/b17-9-. The molecule has 0 amide bonds. The van der Waals surface area contributed by atoms with Crippen molar-refractivity contribution in [3.8, 4) is 17.4 Å². The van der Waals surface area contributed by atoms with Crippen LogP contribution < -0.4 is 9.47 Å². The Morgan fingerprint density at radius 3 is 2.68 bits per heavy atom. The molecule has 0 aliphatic rings. The molecule has 0 atom stereocenters. The Hall–Kier alpha value is -2.94. The van der Waals surface area contributed by atoms with E-state index in [1.807, 2.05) is 38.1 Å². The van der Waals surface area contributed by atoms with Crippen molar-refractivity contribution >= 4 is 18.4 Å². The zero-order chi connectivity index (χ0) is 18.0. The minimum atomic E-state index is 0.362. The number of benzene rings is 1. The van der Waals surface area contributed by atoms with Crippen molar-refractivity contribution in [2.24, 2.45) is 5.10 Å². The predicted molar refractivity (Wildman–Crippen MR) is 96.5 cm³/mol. The van der Waals surface area contributed by atoms with Crippen LogP contribution in [0.15, 0.2) is 29.4 Å². The molecule has 3 rings (SSSR count). The van der Waals surface area contributed by atoms with Gasteiger partial charge >= 0.3 is 0 Å². The third kappa shape index (κ3) is 3.18. The average Bonchev–Trinajstić information content (AvgIpc) is 3.13. The third-order valence-electron chi connectivity index (χ3n) is 3.58. The molecule has 9 heteroatoms. The molecule has 0 fully saturated rings. The van der Waals surface area contributed by atoms with Gasteiger partial charge in [0.2, 0.25) is 4.77 Å². The van der Waals surface area contributed by atoms with Gasteiger partial charge in [-0.05, 0) is 44.3 Å². The maximum Gasteiger partial charge on any atom is 0.271 e. The van der Waals surface area contributed by atoms with Crippen LogP contribution in [0.4, 0.5) is 0 Å². The normalized spacial score (nSPS) is 11.2. The zero-order valence-corrected chi connectivity index (χ0v) is 15.2. The van der Waals surface area contributed by atoms with Crippen LogP contribution in [0.25, 0.3) is 5.95 Å². The fraction of sp³-hybridized carbons (Fsp3) is 0.250. The lowest BCUT2D eigenvalue weighted by Gasteiger charge is -2.09. The molecular formula is C16H18N6O2S. The third-order valence-corrected chi connectivity index (χ3v) is 3.84. The molecule has 8 nitrogen and oxygen atoms in total. The second-order valence-corrected chi connectivity index (χ2v) is 5.69. The monoisotopic (exact) mass is 358 g/mol. The maximum atomic E-state index is 5.41. The first-order chi connectivity index (χ1) is 12.0. The number of hydrogen-bond donors (Lipinski definition) is 1. The highest BCUT2D eigenvalue weighted by atomic mass is 32.1. The summed E-state index contributed by atoms with van der Waals surface area (Å²) in [7, 11) is 3.17. The van der Waals surface area contributed by atoms with Crippen LogP contribution in [0.2, 0.25) is 0 Å². The molecule has 0 radical (unpaired) electrons. The Kier molecular flexibility index (Phi) is 4.66. The summed E-state index contributed by atoms with van der Waals surface area (Å²) in [6.07, 6.45) is 1.64. The molecule has 0 aliphatic carbocycles. The molecule has 0 aliphatic heterocycles. The first-order valence-corrected chi connectivity index (χ1v) is 7.92. The summed E-state index contributed by atoms with van der Waals surface area (Å²) in [6, 6.07) is 7.51. The van der Waals surface area contributed by atoms with Crippen LogP contribution in [0, 0.1) is 18.6 Å². The van der Waals surface area contributed by atoms with E-state index in [4.69, 9.17) is 21.7 Å². The van der Waals surface area contributed by atoms with Gasteiger partial charge in [0.15, 0.2) is 11.5 Å². The molecule has 1 aromatic carbocycles. The van der Waals surface area contributed by atoms with Crippen molar-refractivity contribution in [2.75, 3.05) is 14.2 Å². The fourth-order valence-electron chi connectivity index (χ4n) is 2.49. The smallest absolute Gasteiger partial charge is 0.271 e. The minimum absolute atomic E-state index is 0.362. The van der Waals surface area contributed by atoms with Crippen molar-refractivity contribution in [2.45, 2.75) is 13.8 Å². The average molecular weight is 358 g/mol. The van der Waals surface area contributed by atoms with Crippen LogP contribution in [-0.2, 0) is 0 Å². The molecule has 1 N–H and O–H groups in total. The van der Waals surface area contributed by atoms with Gasteiger partial charge in [0.05, 0.1) is 26.1 Å². The number of nitrogens with one attached hydrogen (secondary N) is 1. The van der Waals surface area contributed by atoms with Crippen LogP contribution in [0.1, 0.15) is 17.0 Å². The number of ether oxygens (including phenoxy) is 2. The summed E-state index contributed by atoms with van der Waals surface area (Å²) < 4.78 is 14.3. The van der Waals surface area contributed by atoms with Gasteiger partial charge in [-0.1, -0.05) is 6.07 Å². The number of aromatic amines is 1. The van der Waals surface area contributed by atoms with E-state index in [0.717, 1.165) is 17.0 Å². The number of hydrogen-bond acceptors (Lipinski definition) is 6. The molecular weight excluding hydrogens is 340 g/mol. The van der Waals surface area contributed by atoms with Crippen molar-refractivity contribution in [1.29, 1.82) is 0 Å². The first-order valence-electron chi connectivity index (χ1n) is 7.51. The lowest BCUT2D eigenvalue weighted by molar-refractivity contribution is 0.354.